The van der Waals surface area contributed by atoms with Crippen LogP contribution in [0.5, 0.6) is 0 Å². The Morgan fingerprint density at radius 1 is 1.14 bits per heavy atom. The zero-order chi connectivity index (χ0) is 20.3. The number of amides is 1. The zero-order valence-electron chi connectivity index (χ0n) is 16.5. The van der Waals surface area contributed by atoms with Crippen molar-refractivity contribution in [2.24, 2.45) is 11.8 Å². The molecule has 0 N–H and O–H groups in total. The smallest absolute Gasteiger partial charge is 0.243 e. The molecule has 2 atom stereocenters. The molecule has 0 aliphatic carbocycles. The first-order chi connectivity index (χ1) is 13.3. The Labute approximate surface area is 167 Å². The highest BCUT2D eigenvalue weighted by Crippen LogP contribution is 2.22. The lowest BCUT2D eigenvalue weighted by molar-refractivity contribution is -0.135. The fourth-order valence-electron chi connectivity index (χ4n) is 4.16. The molecule has 3 rings (SSSR count). The number of hydrogen-bond donors (Lipinski definition) is 0. The molecule has 0 radical (unpaired) electrons. The Morgan fingerprint density at radius 2 is 1.79 bits per heavy atom. The van der Waals surface area contributed by atoms with E-state index >= 15 is 0 Å². The second kappa shape index (κ2) is 8.60. The van der Waals surface area contributed by atoms with Gasteiger partial charge in [-0.05, 0) is 36.5 Å². The highest BCUT2D eigenvalue weighted by Gasteiger charge is 2.31. The van der Waals surface area contributed by atoms with Crippen molar-refractivity contribution < 1.29 is 13.2 Å². The molecule has 1 amide bonds. The van der Waals surface area contributed by atoms with E-state index in [0.717, 1.165) is 19.5 Å². The topological polar surface area (TPSA) is 84.7 Å². The van der Waals surface area contributed by atoms with Crippen LogP contribution in [0.25, 0.3) is 0 Å². The molecule has 1 aromatic carbocycles. The third kappa shape index (κ3) is 4.72. The zero-order valence-corrected chi connectivity index (χ0v) is 17.4. The minimum absolute atomic E-state index is 0.136. The summed E-state index contributed by atoms with van der Waals surface area (Å²) in [6.07, 6.45) is 1.16. The van der Waals surface area contributed by atoms with Gasteiger partial charge in [-0.25, -0.2) is 8.42 Å². The van der Waals surface area contributed by atoms with Crippen LogP contribution in [0.4, 0.5) is 0 Å². The van der Waals surface area contributed by atoms with Crippen LogP contribution < -0.4 is 0 Å². The Morgan fingerprint density at radius 3 is 2.39 bits per heavy atom. The molecule has 152 valence electrons. The minimum atomic E-state index is -3.62. The number of nitriles is 1. The number of rotatable bonds is 4. The normalized spacial score (nSPS) is 24.7. The predicted molar refractivity (Wildman–Crippen MR) is 106 cm³/mol. The fraction of sp³-hybridized carbons (Fsp3) is 0.600. The van der Waals surface area contributed by atoms with E-state index in [1.54, 1.807) is 12.1 Å². The molecule has 0 aromatic heterocycles. The summed E-state index contributed by atoms with van der Waals surface area (Å²) in [4.78, 5) is 16.8. The average Bonchev–Trinajstić information content (AvgIpc) is 2.67. The Bertz CT molecular complexity index is 846. The molecule has 8 heteroatoms. The second-order valence-electron chi connectivity index (χ2n) is 8.06. The molecule has 2 saturated heterocycles. The average molecular weight is 405 g/mol. The van der Waals surface area contributed by atoms with Crippen LogP contribution in [0.15, 0.2) is 29.2 Å². The van der Waals surface area contributed by atoms with E-state index < -0.39 is 10.0 Å². The summed E-state index contributed by atoms with van der Waals surface area (Å²) < 4.78 is 27.1. The third-order valence-electron chi connectivity index (χ3n) is 5.51. The lowest BCUT2D eigenvalue weighted by atomic mass is 9.92. The third-order valence-corrected chi connectivity index (χ3v) is 7.41. The maximum Gasteiger partial charge on any atom is 0.243 e. The van der Waals surface area contributed by atoms with Crippen LogP contribution in [-0.4, -0.2) is 74.2 Å². The maximum atomic E-state index is 12.8. The molecule has 0 saturated carbocycles. The number of nitrogens with zero attached hydrogens (tertiary/aromatic N) is 4. The van der Waals surface area contributed by atoms with E-state index in [1.807, 2.05) is 15.9 Å². The highest BCUT2D eigenvalue weighted by molar-refractivity contribution is 7.89. The van der Waals surface area contributed by atoms with Gasteiger partial charge in [0.15, 0.2) is 0 Å². The van der Waals surface area contributed by atoms with E-state index in [-0.39, 0.29) is 10.8 Å². The van der Waals surface area contributed by atoms with Gasteiger partial charge in [0.25, 0.3) is 0 Å². The number of carbonyl (C=O) groups excluding carboxylic acids is 1. The molecule has 28 heavy (non-hydrogen) atoms. The monoisotopic (exact) mass is 404 g/mol. The highest BCUT2D eigenvalue weighted by atomic mass is 32.2. The second-order valence-corrected chi connectivity index (χ2v) is 10.0. The SMILES string of the molecule is CC1CC(C)CN(C(=O)CN2CCN(S(=O)(=O)c3cccc(C#N)c3)CC2)C1. The molecule has 2 aliphatic heterocycles. The maximum absolute atomic E-state index is 12.8. The lowest BCUT2D eigenvalue weighted by Gasteiger charge is -2.38. The summed E-state index contributed by atoms with van der Waals surface area (Å²) in [5, 5.41) is 9.00. The first-order valence-corrected chi connectivity index (χ1v) is 11.2. The van der Waals surface area contributed by atoms with Crippen LogP contribution in [-0.2, 0) is 14.8 Å². The molecule has 1 aromatic rings. The van der Waals surface area contributed by atoms with Crippen molar-refractivity contribution in [2.45, 2.75) is 25.2 Å². The Kier molecular flexibility index (Phi) is 6.38. The molecule has 2 fully saturated rings. The number of hydrogen-bond acceptors (Lipinski definition) is 5. The summed E-state index contributed by atoms with van der Waals surface area (Å²) in [5.74, 6) is 1.19. The number of sulfonamides is 1. The van der Waals surface area contributed by atoms with E-state index in [9.17, 15) is 13.2 Å². The van der Waals surface area contributed by atoms with E-state index in [4.69, 9.17) is 5.26 Å². The number of piperidine rings is 1. The molecule has 0 spiro atoms. The van der Waals surface area contributed by atoms with Crippen molar-refractivity contribution in [3.63, 3.8) is 0 Å². The van der Waals surface area contributed by atoms with Crippen LogP contribution in [0.1, 0.15) is 25.8 Å². The van der Waals surface area contributed by atoms with Crippen LogP contribution >= 0.6 is 0 Å². The molecular weight excluding hydrogens is 376 g/mol. The lowest BCUT2D eigenvalue weighted by Crippen LogP contribution is -2.52. The van der Waals surface area contributed by atoms with Crippen molar-refractivity contribution in [1.29, 1.82) is 5.26 Å². The molecule has 0 bridgehead atoms. The van der Waals surface area contributed by atoms with Gasteiger partial charge in [-0.15, -0.1) is 0 Å². The Balaban J connectivity index is 1.57. The summed E-state index contributed by atoms with van der Waals surface area (Å²) in [7, 11) is -3.62. The van der Waals surface area contributed by atoms with Gasteiger partial charge in [0.05, 0.1) is 23.1 Å². The molecule has 2 aliphatic rings. The molecule has 2 heterocycles. The van der Waals surface area contributed by atoms with E-state index in [0.29, 0.717) is 50.1 Å². The van der Waals surface area contributed by atoms with Gasteiger partial charge < -0.3 is 4.90 Å². The summed E-state index contributed by atoms with van der Waals surface area (Å²) in [6.45, 7) is 8.08. The van der Waals surface area contributed by atoms with Crippen molar-refractivity contribution in [2.75, 3.05) is 45.8 Å². The summed E-state index contributed by atoms with van der Waals surface area (Å²) in [6, 6.07) is 8.07. The van der Waals surface area contributed by atoms with Crippen molar-refractivity contribution in [1.82, 2.24) is 14.1 Å². The molecular formula is C20H28N4O3S. The van der Waals surface area contributed by atoms with Crippen molar-refractivity contribution in [3.8, 4) is 6.07 Å². The van der Waals surface area contributed by atoms with Crippen LogP contribution in [0.3, 0.4) is 0 Å². The van der Waals surface area contributed by atoms with Gasteiger partial charge in [-0.2, -0.15) is 9.57 Å². The van der Waals surface area contributed by atoms with Gasteiger partial charge in [0, 0.05) is 39.3 Å². The largest absolute Gasteiger partial charge is 0.341 e. The van der Waals surface area contributed by atoms with Gasteiger partial charge >= 0.3 is 0 Å². The quantitative estimate of drug-likeness (QED) is 0.757. The van der Waals surface area contributed by atoms with Gasteiger partial charge in [0.1, 0.15) is 0 Å². The number of piperazine rings is 1. The standard InChI is InChI=1S/C20H28N4O3S/c1-16-10-17(2)14-23(13-16)20(25)15-22-6-8-24(9-7-22)28(26,27)19-5-3-4-18(11-19)12-21/h3-5,11,16-17H,6-10,13-15H2,1-2H3. The number of likely N-dealkylation sites (tertiary alicyclic amines) is 1. The van der Waals surface area contributed by atoms with Crippen LogP contribution in [0.2, 0.25) is 0 Å². The first-order valence-electron chi connectivity index (χ1n) is 9.80. The van der Waals surface area contributed by atoms with Gasteiger partial charge in [-0.3, -0.25) is 9.69 Å². The first kappa shape index (κ1) is 20.8. The Hall–Kier alpha value is -1.95. The predicted octanol–water partition coefficient (Wildman–Crippen LogP) is 1.37. The van der Waals surface area contributed by atoms with Crippen molar-refractivity contribution in [3.05, 3.63) is 29.8 Å². The van der Waals surface area contributed by atoms with Crippen molar-refractivity contribution >= 4 is 15.9 Å². The minimum Gasteiger partial charge on any atom is -0.341 e. The summed E-state index contributed by atoms with van der Waals surface area (Å²) in [5.41, 5.74) is 0.329. The molecule has 7 nitrogen and oxygen atoms in total. The fourth-order valence-corrected chi connectivity index (χ4v) is 5.63. The van der Waals surface area contributed by atoms with Gasteiger partial charge in [-0.1, -0.05) is 19.9 Å². The summed E-state index contributed by atoms with van der Waals surface area (Å²) >= 11 is 0. The van der Waals surface area contributed by atoms with E-state index in [2.05, 4.69) is 13.8 Å². The number of benzene rings is 1. The molecule has 2 unspecified atom stereocenters. The number of carbonyl (C=O) groups is 1. The van der Waals surface area contributed by atoms with E-state index in [1.165, 1.54) is 16.4 Å². The van der Waals surface area contributed by atoms with Gasteiger partial charge in [0.2, 0.25) is 15.9 Å². The van der Waals surface area contributed by atoms with Crippen LogP contribution in [0, 0.1) is 23.2 Å².